The van der Waals surface area contributed by atoms with Crippen LogP contribution in [-0.4, -0.2) is 31.0 Å². The van der Waals surface area contributed by atoms with Crippen LogP contribution in [-0.2, 0) is 22.6 Å². The Morgan fingerprint density at radius 3 is 2.29 bits per heavy atom. The summed E-state index contributed by atoms with van der Waals surface area (Å²) < 4.78 is 10.6. The zero-order chi connectivity index (χ0) is 26.3. The number of rotatable bonds is 7. The minimum atomic E-state index is -1.17. The van der Waals surface area contributed by atoms with E-state index in [9.17, 15) is 9.59 Å². The molecule has 1 aliphatic heterocycles. The summed E-state index contributed by atoms with van der Waals surface area (Å²) in [5.41, 5.74) is 5.80. The molecule has 0 aliphatic carbocycles. The van der Waals surface area contributed by atoms with Crippen molar-refractivity contribution in [3.63, 3.8) is 0 Å². The zero-order valence-corrected chi connectivity index (χ0v) is 20.9. The van der Waals surface area contributed by atoms with Crippen molar-refractivity contribution in [2.75, 3.05) is 12.4 Å². The fraction of sp³-hybridized carbons (Fsp3) is 0.129. The summed E-state index contributed by atoms with van der Waals surface area (Å²) in [5.74, 6) is 0.336. The lowest BCUT2D eigenvalue weighted by Gasteiger charge is -2.16. The molecule has 38 heavy (non-hydrogen) atoms. The van der Waals surface area contributed by atoms with Gasteiger partial charge in [0, 0.05) is 11.1 Å². The molecule has 190 valence electrons. The van der Waals surface area contributed by atoms with E-state index in [0.29, 0.717) is 17.8 Å². The van der Waals surface area contributed by atoms with Crippen LogP contribution in [0, 0.1) is 0 Å². The highest BCUT2D eigenvalue weighted by atomic mass is 16.5. The molecule has 2 amide bonds. The van der Waals surface area contributed by atoms with Gasteiger partial charge in [-0.3, -0.25) is 10.1 Å². The minimum absolute atomic E-state index is 0.0858. The van der Waals surface area contributed by atoms with Gasteiger partial charge in [0.05, 0.1) is 18.5 Å². The first-order chi connectivity index (χ1) is 18.6. The Balaban J connectivity index is 1.48. The molecule has 1 unspecified atom stereocenters. The molecule has 1 aliphatic rings. The van der Waals surface area contributed by atoms with Crippen LogP contribution in [0.4, 0.5) is 10.5 Å². The quantitative estimate of drug-likeness (QED) is 0.355. The van der Waals surface area contributed by atoms with Crippen molar-refractivity contribution < 1.29 is 19.1 Å². The van der Waals surface area contributed by atoms with Gasteiger partial charge in [0.1, 0.15) is 12.4 Å². The van der Waals surface area contributed by atoms with E-state index in [-0.39, 0.29) is 6.61 Å². The number of alkyl carbamates (subject to hydrolysis) is 1. The number of ether oxygens (including phenoxy) is 2. The highest BCUT2D eigenvalue weighted by Gasteiger charge is 2.29. The van der Waals surface area contributed by atoms with Crippen LogP contribution in [0.15, 0.2) is 108 Å². The maximum Gasteiger partial charge on any atom is 0.409 e. The van der Waals surface area contributed by atoms with Crippen LogP contribution < -0.4 is 15.4 Å². The largest absolute Gasteiger partial charge is 0.497 e. The van der Waals surface area contributed by atoms with Gasteiger partial charge in [-0.25, -0.2) is 9.79 Å². The number of fused-ring (bicyclic) bond motifs is 1. The Kier molecular flexibility index (Phi) is 7.45. The highest BCUT2D eigenvalue weighted by Crippen LogP contribution is 2.29. The lowest BCUT2D eigenvalue weighted by molar-refractivity contribution is -0.117. The smallest absolute Gasteiger partial charge is 0.409 e. The van der Waals surface area contributed by atoms with Gasteiger partial charge in [0.25, 0.3) is 5.91 Å². The SMILES string of the molecule is COc1ccc(Cc2cccc3c2C(c2ccccc2)=NC(NC(=O)OCc2ccccc2)C(=O)N3)cc1. The first-order valence-electron chi connectivity index (χ1n) is 12.3. The molecule has 5 rings (SSSR count). The number of benzodiazepines with no additional fused rings is 1. The molecule has 0 aromatic heterocycles. The first kappa shape index (κ1) is 24.8. The normalized spacial score (nSPS) is 14.4. The number of amides is 2. The van der Waals surface area contributed by atoms with Crippen LogP contribution in [0.1, 0.15) is 27.8 Å². The Morgan fingerprint density at radius 2 is 1.58 bits per heavy atom. The molecular formula is C31H27N3O4. The third-order valence-electron chi connectivity index (χ3n) is 6.22. The number of nitrogens with one attached hydrogen (secondary N) is 2. The Labute approximate surface area is 221 Å². The van der Waals surface area contributed by atoms with Crippen molar-refractivity contribution >= 4 is 23.4 Å². The predicted octanol–water partition coefficient (Wildman–Crippen LogP) is 5.33. The lowest BCUT2D eigenvalue weighted by Crippen LogP contribution is -2.42. The maximum atomic E-state index is 13.2. The summed E-state index contributed by atoms with van der Waals surface area (Å²) >= 11 is 0. The minimum Gasteiger partial charge on any atom is -0.497 e. The van der Waals surface area contributed by atoms with E-state index < -0.39 is 18.2 Å². The Bertz CT molecular complexity index is 1450. The third kappa shape index (κ3) is 5.73. The van der Waals surface area contributed by atoms with Gasteiger partial charge in [0.2, 0.25) is 6.17 Å². The van der Waals surface area contributed by atoms with E-state index in [1.54, 1.807) is 7.11 Å². The van der Waals surface area contributed by atoms with Gasteiger partial charge < -0.3 is 14.8 Å². The Morgan fingerprint density at radius 1 is 0.868 bits per heavy atom. The molecule has 1 atom stereocenters. The second-order valence-electron chi connectivity index (χ2n) is 8.81. The van der Waals surface area contributed by atoms with Crippen molar-refractivity contribution in [1.29, 1.82) is 0 Å². The highest BCUT2D eigenvalue weighted by molar-refractivity contribution is 6.20. The van der Waals surface area contributed by atoms with Crippen molar-refractivity contribution in [1.82, 2.24) is 5.32 Å². The molecule has 0 spiro atoms. The number of aliphatic imine (C=N–C) groups is 1. The molecule has 0 bridgehead atoms. The number of anilines is 1. The van der Waals surface area contributed by atoms with Crippen molar-refractivity contribution in [3.8, 4) is 5.75 Å². The molecule has 2 N–H and O–H groups in total. The summed E-state index contributed by atoms with van der Waals surface area (Å²) in [5, 5.41) is 5.57. The fourth-order valence-corrected chi connectivity index (χ4v) is 4.34. The number of carbonyl (C=O) groups excluding carboxylic acids is 2. The second kappa shape index (κ2) is 11.4. The summed E-state index contributed by atoms with van der Waals surface area (Å²) in [7, 11) is 1.64. The van der Waals surface area contributed by atoms with E-state index >= 15 is 0 Å². The number of methoxy groups -OCH3 is 1. The van der Waals surface area contributed by atoms with E-state index in [2.05, 4.69) is 10.6 Å². The predicted molar refractivity (Wildman–Crippen MR) is 147 cm³/mol. The number of hydrogen-bond acceptors (Lipinski definition) is 5. The summed E-state index contributed by atoms with van der Waals surface area (Å²) in [6.45, 7) is 0.0858. The summed E-state index contributed by atoms with van der Waals surface area (Å²) in [6, 6.07) is 32.6. The monoisotopic (exact) mass is 505 g/mol. The van der Waals surface area contributed by atoms with E-state index in [0.717, 1.165) is 33.6 Å². The number of carbonyl (C=O) groups is 2. The zero-order valence-electron chi connectivity index (χ0n) is 20.9. The van der Waals surface area contributed by atoms with E-state index in [4.69, 9.17) is 14.5 Å². The number of hydrogen-bond donors (Lipinski definition) is 2. The molecule has 7 nitrogen and oxygen atoms in total. The molecule has 0 saturated carbocycles. The van der Waals surface area contributed by atoms with Gasteiger partial charge in [-0.05, 0) is 41.3 Å². The molecule has 1 heterocycles. The fourth-order valence-electron chi connectivity index (χ4n) is 4.34. The Hall–Kier alpha value is -4.91. The van der Waals surface area contributed by atoms with Gasteiger partial charge in [-0.2, -0.15) is 0 Å². The van der Waals surface area contributed by atoms with Gasteiger partial charge >= 0.3 is 6.09 Å². The number of nitrogens with zero attached hydrogens (tertiary/aromatic N) is 1. The van der Waals surface area contributed by atoms with Gasteiger partial charge in [0.15, 0.2) is 0 Å². The summed E-state index contributed by atoms with van der Waals surface area (Å²) in [4.78, 5) is 30.6. The van der Waals surface area contributed by atoms with Crippen molar-refractivity contribution in [2.45, 2.75) is 19.2 Å². The molecule has 0 fully saturated rings. The molecule has 4 aromatic carbocycles. The van der Waals surface area contributed by atoms with E-state index in [1.807, 2.05) is 103 Å². The van der Waals surface area contributed by atoms with Gasteiger partial charge in [-0.15, -0.1) is 0 Å². The standard InChI is InChI=1S/C31H27N3O4/c1-37-25-17-15-21(16-18-25)19-24-13-8-14-26-27(24)28(23-11-6-3-7-12-23)33-29(30(35)32-26)34-31(36)38-20-22-9-4-2-5-10-22/h2-18,29H,19-20H2,1H3,(H,32,35)(H,34,36). The molecule has 4 aromatic rings. The van der Waals surface area contributed by atoms with Crippen molar-refractivity contribution in [2.24, 2.45) is 4.99 Å². The van der Waals surface area contributed by atoms with Crippen LogP contribution in [0.3, 0.4) is 0 Å². The van der Waals surface area contributed by atoms with Crippen LogP contribution in [0.5, 0.6) is 5.75 Å². The topological polar surface area (TPSA) is 89.0 Å². The average molecular weight is 506 g/mol. The van der Waals surface area contributed by atoms with E-state index in [1.165, 1.54) is 0 Å². The summed E-state index contributed by atoms with van der Waals surface area (Å²) in [6.07, 6.45) is -1.28. The third-order valence-corrected chi connectivity index (χ3v) is 6.22. The first-order valence-corrected chi connectivity index (χ1v) is 12.3. The van der Waals surface area contributed by atoms with Crippen LogP contribution >= 0.6 is 0 Å². The van der Waals surface area contributed by atoms with Gasteiger partial charge in [-0.1, -0.05) is 84.9 Å². The molecule has 7 heteroatoms. The second-order valence-corrected chi connectivity index (χ2v) is 8.81. The molecular weight excluding hydrogens is 478 g/mol. The maximum absolute atomic E-state index is 13.2. The van der Waals surface area contributed by atoms with Crippen molar-refractivity contribution in [3.05, 3.63) is 131 Å². The lowest BCUT2D eigenvalue weighted by atomic mass is 9.92. The van der Waals surface area contributed by atoms with Crippen LogP contribution in [0.2, 0.25) is 0 Å². The average Bonchev–Trinajstić information content (AvgIpc) is 3.10. The van der Waals surface area contributed by atoms with Crippen LogP contribution in [0.25, 0.3) is 0 Å². The molecule has 0 radical (unpaired) electrons. The number of benzene rings is 4. The molecule has 0 saturated heterocycles.